The molecule has 1 atom stereocenters. The van der Waals surface area contributed by atoms with Gasteiger partial charge in [0.15, 0.2) is 0 Å². The van der Waals surface area contributed by atoms with Crippen LogP contribution < -0.4 is 11.1 Å². The fourth-order valence-electron chi connectivity index (χ4n) is 2.90. The van der Waals surface area contributed by atoms with Gasteiger partial charge in [0.2, 0.25) is 5.91 Å². The molecule has 1 amide bonds. The molecule has 0 radical (unpaired) electrons. The molecule has 0 aliphatic heterocycles. The smallest absolute Gasteiger partial charge is 0.223 e. The predicted molar refractivity (Wildman–Crippen MR) is 88.6 cm³/mol. The van der Waals surface area contributed by atoms with Crippen LogP contribution in [0.4, 0.5) is 0 Å². The van der Waals surface area contributed by atoms with Crippen molar-refractivity contribution >= 4 is 23.1 Å². The van der Waals surface area contributed by atoms with Crippen LogP contribution in [0.1, 0.15) is 72.1 Å². The van der Waals surface area contributed by atoms with E-state index >= 15 is 0 Å². The van der Waals surface area contributed by atoms with Crippen LogP contribution >= 0.6 is 12.2 Å². The Bertz CT molecular complexity index is 337. The first-order valence-corrected chi connectivity index (χ1v) is 8.45. The summed E-state index contributed by atoms with van der Waals surface area (Å²) in [4.78, 5) is 12.8. The van der Waals surface area contributed by atoms with Crippen molar-refractivity contribution in [2.24, 2.45) is 17.6 Å². The summed E-state index contributed by atoms with van der Waals surface area (Å²) in [5, 5.41) is 3.07. The van der Waals surface area contributed by atoms with E-state index in [2.05, 4.69) is 12.2 Å². The average Bonchev–Trinajstić information content (AvgIpc) is 2.45. The fourth-order valence-corrected chi connectivity index (χ4v) is 3.10. The number of nitrogens with one attached hydrogen (secondary N) is 1. The monoisotopic (exact) mass is 298 g/mol. The minimum absolute atomic E-state index is 0.135. The van der Waals surface area contributed by atoms with Crippen molar-refractivity contribution < 1.29 is 4.79 Å². The second kappa shape index (κ2) is 7.96. The lowest BCUT2D eigenvalue weighted by Crippen LogP contribution is -2.55. The normalized spacial score (nSPS) is 25.8. The Morgan fingerprint density at radius 3 is 2.35 bits per heavy atom. The Morgan fingerprint density at radius 1 is 1.30 bits per heavy atom. The third kappa shape index (κ3) is 4.72. The molecule has 3 N–H and O–H groups in total. The summed E-state index contributed by atoms with van der Waals surface area (Å²) in [5.41, 5.74) is 5.22. The molecule has 1 saturated carbocycles. The quantitative estimate of drug-likeness (QED) is 0.707. The molecule has 20 heavy (non-hydrogen) atoms. The molecular weight excluding hydrogens is 268 g/mol. The van der Waals surface area contributed by atoms with Crippen LogP contribution in [0.5, 0.6) is 0 Å². The number of rotatable bonds is 7. The number of nitrogens with two attached hydrogens (primary N) is 1. The van der Waals surface area contributed by atoms with Gasteiger partial charge in [-0.1, -0.05) is 45.3 Å². The van der Waals surface area contributed by atoms with E-state index in [9.17, 15) is 4.79 Å². The molecule has 116 valence electrons. The first-order valence-electron chi connectivity index (χ1n) is 8.04. The molecule has 1 fully saturated rings. The second-order valence-electron chi connectivity index (χ2n) is 6.40. The van der Waals surface area contributed by atoms with Crippen LogP contribution in [0.3, 0.4) is 0 Å². The highest BCUT2D eigenvalue weighted by Crippen LogP contribution is 2.32. The molecule has 1 rings (SSSR count). The number of hydrogen-bond donors (Lipinski definition) is 2. The highest BCUT2D eigenvalue weighted by molar-refractivity contribution is 7.80. The van der Waals surface area contributed by atoms with Crippen molar-refractivity contribution in [3.8, 4) is 0 Å². The van der Waals surface area contributed by atoms with E-state index in [1.165, 1.54) is 32.1 Å². The summed E-state index contributed by atoms with van der Waals surface area (Å²) in [6.45, 7) is 6.15. The van der Waals surface area contributed by atoms with E-state index in [-0.39, 0.29) is 11.8 Å². The number of hydrogen-bond acceptors (Lipinski definition) is 2. The van der Waals surface area contributed by atoms with Crippen molar-refractivity contribution in [3.63, 3.8) is 0 Å². The number of carbonyl (C=O) groups excluding carboxylic acids is 1. The lowest BCUT2D eigenvalue weighted by molar-refractivity contribution is -0.127. The predicted octanol–water partition coefficient (Wildman–Crippen LogP) is 3.55. The molecule has 0 aromatic heterocycles. The van der Waals surface area contributed by atoms with Crippen LogP contribution in [0.2, 0.25) is 0 Å². The fraction of sp³-hybridized carbons (Fsp3) is 0.875. The number of thiocarbonyl (C=S) groups is 1. The summed E-state index contributed by atoms with van der Waals surface area (Å²) in [6.07, 6.45) is 9.04. The summed E-state index contributed by atoms with van der Waals surface area (Å²) in [7, 11) is 0. The highest BCUT2D eigenvalue weighted by Gasteiger charge is 2.32. The molecule has 1 aliphatic carbocycles. The van der Waals surface area contributed by atoms with Gasteiger partial charge in [0.05, 0.1) is 10.5 Å². The molecule has 1 unspecified atom stereocenters. The van der Waals surface area contributed by atoms with Crippen LogP contribution in [0.25, 0.3) is 0 Å². The molecule has 0 spiro atoms. The minimum atomic E-state index is -0.536. The van der Waals surface area contributed by atoms with Gasteiger partial charge in [0, 0.05) is 5.92 Å². The maximum absolute atomic E-state index is 12.4. The van der Waals surface area contributed by atoms with Gasteiger partial charge in [0.25, 0.3) is 0 Å². The molecule has 1 aliphatic rings. The minimum Gasteiger partial charge on any atom is -0.391 e. The van der Waals surface area contributed by atoms with E-state index in [0.717, 1.165) is 25.2 Å². The lowest BCUT2D eigenvalue weighted by atomic mass is 9.79. The van der Waals surface area contributed by atoms with Crippen molar-refractivity contribution in [1.82, 2.24) is 5.32 Å². The molecule has 0 heterocycles. The molecule has 0 aromatic rings. The largest absolute Gasteiger partial charge is 0.391 e. The Hall–Kier alpha value is -0.640. The summed E-state index contributed by atoms with van der Waals surface area (Å²) >= 11 is 5.08. The number of carbonyl (C=O) groups is 1. The van der Waals surface area contributed by atoms with Gasteiger partial charge in [0.1, 0.15) is 0 Å². The zero-order valence-electron chi connectivity index (χ0n) is 13.2. The van der Waals surface area contributed by atoms with Gasteiger partial charge < -0.3 is 11.1 Å². The third-order valence-corrected chi connectivity index (χ3v) is 5.28. The maximum atomic E-state index is 12.4. The Labute approximate surface area is 129 Å². The SMILES string of the molecule is CCCCC1CCC(C(=O)NC(C)(CC)C(N)=S)CC1. The van der Waals surface area contributed by atoms with Crippen molar-refractivity contribution in [2.45, 2.75) is 77.7 Å². The molecular formula is C16H30N2OS. The van der Waals surface area contributed by atoms with Gasteiger partial charge in [-0.05, 0) is 44.9 Å². The molecule has 4 heteroatoms. The van der Waals surface area contributed by atoms with E-state index in [1.807, 2.05) is 13.8 Å². The third-order valence-electron chi connectivity index (χ3n) is 4.83. The summed E-state index contributed by atoms with van der Waals surface area (Å²) in [6, 6.07) is 0. The number of amides is 1. The van der Waals surface area contributed by atoms with Gasteiger partial charge in [-0.3, -0.25) is 4.79 Å². The average molecular weight is 298 g/mol. The summed E-state index contributed by atoms with van der Waals surface area (Å²) < 4.78 is 0. The Morgan fingerprint density at radius 2 is 1.90 bits per heavy atom. The van der Waals surface area contributed by atoms with Gasteiger partial charge in [-0.25, -0.2) is 0 Å². The highest BCUT2D eigenvalue weighted by atomic mass is 32.1. The topological polar surface area (TPSA) is 55.1 Å². The van der Waals surface area contributed by atoms with Crippen molar-refractivity contribution in [1.29, 1.82) is 0 Å². The van der Waals surface area contributed by atoms with Crippen LogP contribution in [0.15, 0.2) is 0 Å². The van der Waals surface area contributed by atoms with E-state index < -0.39 is 5.54 Å². The van der Waals surface area contributed by atoms with Crippen LogP contribution in [0, 0.1) is 11.8 Å². The zero-order valence-corrected chi connectivity index (χ0v) is 14.0. The van der Waals surface area contributed by atoms with E-state index in [4.69, 9.17) is 18.0 Å². The summed E-state index contributed by atoms with van der Waals surface area (Å²) in [5.74, 6) is 1.11. The van der Waals surface area contributed by atoms with Gasteiger partial charge in [-0.15, -0.1) is 0 Å². The van der Waals surface area contributed by atoms with Crippen LogP contribution in [-0.4, -0.2) is 16.4 Å². The van der Waals surface area contributed by atoms with Crippen LogP contribution in [-0.2, 0) is 4.79 Å². The zero-order chi connectivity index (χ0) is 15.2. The Kier molecular flexibility index (Phi) is 6.93. The molecule has 0 saturated heterocycles. The maximum Gasteiger partial charge on any atom is 0.223 e. The Balaban J connectivity index is 2.45. The molecule has 0 bridgehead atoms. The van der Waals surface area contributed by atoms with E-state index in [1.54, 1.807) is 0 Å². The lowest BCUT2D eigenvalue weighted by Gasteiger charge is -2.33. The van der Waals surface area contributed by atoms with Crippen molar-refractivity contribution in [3.05, 3.63) is 0 Å². The van der Waals surface area contributed by atoms with Gasteiger partial charge in [-0.2, -0.15) is 0 Å². The standard InChI is InChI=1S/C16H30N2OS/c1-4-6-7-12-8-10-13(11-9-12)14(19)18-16(3,5-2)15(17)20/h12-13H,4-11H2,1-3H3,(H2,17,20)(H,18,19). The molecule has 3 nitrogen and oxygen atoms in total. The number of unbranched alkanes of at least 4 members (excludes halogenated alkanes) is 1. The first kappa shape index (κ1) is 17.4. The van der Waals surface area contributed by atoms with Crippen molar-refractivity contribution in [2.75, 3.05) is 0 Å². The van der Waals surface area contributed by atoms with Gasteiger partial charge >= 0.3 is 0 Å². The van der Waals surface area contributed by atoms with E-state index in [0.29, 0.717) is 4.99 Å². The molecule has 0 aromatic carbocycles. The first-order chi connectivity index (χ1) is 9.42. The second-order valence-corrected chi connectivity index (χ2v) is 6.84.